The quantitative estimate of drug-likeness (QED) is 0.164. The number of nitrogens with zero attached hydrogens (tertiary/aromatic N) is 3. The van der Waals surface area contributed by atoms with Crippen LogP contribution in [0, 0.1) is 11.3 Å². The second-order valence-corrected chi connectivity index (χ2v) is 16.7. The number of hydrogen-bond donors (Lipinski definition) is 0. The fourth-order valence-electron chi connectivity index (χ4n) is 9.91. The minimum atomic E-state index is 0.635. The molecule has 0 bridgehead atoms. The topological polar surface area (TPSA) is 33.6 Å². The monoisotopic (exact) mass is 765 g/mol. The summed E-state index contributed by atoms with van der Waals surface area (Å²) in [5, 5.41) is 23.1. The average Bonchev–Trinajstić information content (AvgIpc) is 3.96. The number of fused-ring (bicyclic) bond motifs is 9. The third-order valence-electron chi connectivity index (χ3n) is 12.4. The molecule has 0 saturated heterocycles. The summed E-state index contributed by atoms with van der Waals surface area (Å²) in [6.07, 6.45) is 0. The van der Waals surface area contributed by atoms with E-state index >= 15 is 0 Å². The van der Waals surface area contributed by atoms with E-state index in [0.29, 0.717) is 5.56 Å². The summed E-state index contributed by atoms with van der Waals surface area (Å²) in [5.74, 6) is 0. The second kappa shape index (κ2) is 12.1. The molecule has 0 spiro atoms. The molecule has 0 unspecified atom stereocenters. The number of nitriles is 1. The summed E-state index contributed by atoms with van der Waals surface area (Å²) >= 11 is 1.85. The molecule has 0 radical (unpaired) electrons. The van der Waals surface area contributed by atoms with Gasteiger partial charge in [0.2, 0.25) is 0 Å². The number of benzene rings is 10. The van der Waals surface area contributed by atoms with Crippen molar-refractivity contribution in [2.24, 2.45) is 0 Å². The first-order chi connectivity index (χ1) is 29.2. The van der Waals surface area contributed by atoms with E-state index in [0.717, 1.165) is 33.5 Å². The van der Waals surface area contributed by atoms with Crippen LogP contribution < -0.4 is 0 Å². The lowest BCUT2D eigenvalue weighted by molar-refractivity contribution is 1.18. The van der Waals surface area contributed by atoms with Gasteiger partial charge in [0, 0.05) is 53.1 Å². The zero-order valence-electron chi connectivity index (χ0n) is 31.6. The van der Waals surface area contributed by atoms with Crippen molar-refractivity contribution in [3.63, 3.8) is 0 Å². The van der Waals surface area contributed by atoms with E-state index in [-0.39, 0.29) is 0 Å². The van der Waals surface area contributed by atoms with Crippen LogP contribution >= 0.6 is 11.3 Å². The standard InChI is InChI=1S/C55H31N3S/c56-32-33-25-36(37-30-47-41-14-5-4-13-40(41)44-17-10-20-52-54(44)55(47)53(31-37)59-52)27-39(26-33)58-49-19-9-7-16-43(49)46-29-35(22-24-51(46)58)34-21-23-50-45(28-34)42-15-6-8-18-48(42)57(50)38-11-2-1-3-12-38/h1-31H. The Balaban J connectivity index is 0.995. The molecule has 3 heterocycles. The van der Waals surface area contributed by atoms with Crippen LogP contribution in [0.25, 0.3) is 119 Å². The maximum atomic E-state index is 10.5. The van der Waals surface area contributed by atoms with Gasteiger partial charge in [-0.05, 0) is 129 Å². The summed E-state index contributed by atoms with van der Waals surface area (Å²) in [4.78, 5) is 0. The molecule has 0 aliphatic rings. The Kier molecular flexibility index (Phi) is 6.67. The summed E-state index contributed by atoms with van der Waals surface area (Å²) in [6, 6.07) is 70.6. The second-order valence-electron chi connectivity index (χ2n) is 15.6. The van der Waals surface area contributed by atoms with Gasteiger partial charge in [0.05, 0.1) is 33.7 Å². The average molecular weight is 766 g/mol. The molecule has 0 saturated carbocycles. The van der Waals surface area contributed by atoms with Crippen LogP contribution in [0.5, 0.6) is 0 Å². The smallest absolute Gasteiger partial charge is 0.0992 e. The van der Waals surface area contributed by atoms with Crippen LogP contribution in [-0.4, -0.2) is 9.13 Å². The maximum absolute atomic E-state index is 10.5. The van der Waals surface area contributed by atoms with Crippen molar-refractivity contribution in [1.29, 1.82) is 5.26 Å². The molecule has 4 heteroatoms. The van der Waals surface area contributed by atoms with E-state index in [2.05, 4.69) is 191 Å². The molecule has 272 valence electrons. The van der Waals surface area contributed by atoms with Gasteiger partial charge in [0.25, 0.3) is 0 Å². The first-order valence-corrected chi connectivity index (χ1v) is 20.8. The van der Waals surface area contributed by atoms with Crippen LogP contribution in [0.1, 0.15) is 5.56 Å². The molecule has 0 fully saturated rings. The fourth-order valence-corrected chi connectivity index (χ4v) is 11.1. The predicted molar refractivity (Wildman–Crippen MR) is 250 cm³/mol. The van der Waals surface area contributed by atoms with E-state index in [4.69, 9.17) is 0 Å². The van der Waals surface area contributed by atoms with E-state index in [9.17, 15) is 5.26 Å². The normalized spacial score (nSPS) is 12.1. The van der Waals surface area contributed by atoms with Gasteiger partial charge < -0.3 is 9.13 Å². The molecule has 0 atom stereocenters. The summed E-state index contributed by atoms with van der Waals surface area (Å²) in [6.45, 7) is 0. The van der Waals surface area contributed by atoms with E-state index in [1.54, 1.807) is 0 Å². The lowest BCUT2D eigenvalue weighted by Crippen LogP contribution is -1.96. The van der Waals surface area contributed by atoms with E-state index < -0.39 is 0 Å². The molecule has 0 aliphatic heterocycles. The summed E-state index contributed by atoms with van der Waals surface area (Å²) < 4.78 is 7.27. The lowest BCUT2D eigenvalue weighted by Gasteiger charge is -2.14. The largest absolute Gasteiger partial charge is 0.309 e. The molecule has 13 rings (SSSR count). The highest BCUT2D eigenvalue weighted by molar-refractivity contribution is 7.26. The van der Waals surface area contributed by atoms with Crippen LogP contribution in [0.2, 0.25) is 0 Å². The van der Waals surface area contributed by atoms with E-state index in [1.165, 1.54) is 85.4 Å². The highest BCUT2D eigenvalue weighted by Gasteiger charge is 2.20. The van der Waals surface area contributed by atoms with Gasteiger partial charge in [-0.15, -0.1) is 11.3 Å². The Morgan fingerprint density at radius 2 is 0.864 bits per heavy atom. The summed E-state index contributed by atoms with van der Waals surface area (Å²) in [5.41, 5.74) is 11.9. The van der Waals surface area contributed by atoms with Crippen molar-refractivity contribution < 1.29 is 0 Å². The lowest BCUT2D eigenvalue weighted by atomic mass is 9.92. The van der Waals surface area contributed by atoms with Crippen LogP contribution in [-0.2, 0) is 0 Å². The highest BCUT2D eigenvalue weighted by atomic mass is 32.1. The zero-order valence-corrected chi connectivity index (χ0v) is 32.5. The maximum Gasteiger partial charge on any atom is 0.0992 e. The van der Waals surface area contributed by atoms with Crippen molar-refractivity contribution in [1.82, 2.24) is 9.13 Å². The SMILES string of the molecule is N#Cc1cc(-c2cc3sc4cccc5c6ccccc6c(c2)c3c45)cc(-n2c3ccccc3c3cc(-c4ccc5c(c4)c4ccccc4n5-c4ccccc4)ccc32)c1. The minimum Gasteiger partial charge on any atom is -0.309 e. The van der Waals surface area contributed by atoms with Gasteiger partial charge in [-0.1, -0.05) is 103 Å². The Bertz CT molecular complexity index is 3910. The van der Waals surface area contributed by atoms with Crippen molar-refractivity contribution >= 4 is 96.7 Å². The van der Waals surface area contributed by atoms with Crippen molar-refractivity contribution in [3.8, 4) is 39.7 Å². The van der Waals surface area contributed by atoms with Gasteiger partial charge in [-0.2, -0.15) is 5.26 Å². The molecule has 59 heavy (non-hydrogen) atoms. The molecule has 0 N–H and O–H groups in total. The molecular formula is C55H31N3S. The number of aromatic nitrogens is 2. The molecule has 3 aromatic heterocycles. The van der Waals surface area contributed by atoms with Gasteiger partial charge in [-0.25, -0.2) is 0 Å². The highest BCUT2D eigenvalue weighted by Crippen LogP contribution is 2.47. The van der Waals surface area contributed by atoms with Crippen LogP contribution in [0.15, 0.2) is 188 Å². The Morgan fingerprint density at radius 3 is 1.54 bits per heavy atom. The van der Waals surface area contributed by atoms with E-state index in [1.807, 2.05) is 23.5 Å². The predicted octanol–water partition coefficient (Wildman–Crippen LogP) is 15.2. The number of thiophene rings is 1. The van der Waals surface area contributed by atoms with Gasteiger partial charge in [-0.3, -0.25) is 0 Å². The third kappa shape index (κ3) is 4.62. The van der Waals surface area contributed by atoms with Crippen molar-refractivity contribution in [2.45, 2.75) is 0 Å². The first-order valence-electron chi connectivity index (χ1n) is 20.0. The number of rotatable bonds is 4. The molecule has 3 nitrogen and oxygen atoms in total. The number of hydrogen-bond acceptors (Lipinski definition) is 2. The first kappa shape index (κ1) is 32.4. The minimum absolute atomic E-state index is 0.635. The van der Waals surface area contributed by atoms with Crippen LogP contribution in [0.4, 0.5) is 0 Å². The third-order valence-corrected chi connectivity index (χ3v) is 13.5. The van der Waals surface area contributed by atoms with Crippen LogP contribution in [0.3, 0.4) is 0 Å². The molecule has 0 amide bonds. The molecule has 0 aliphatic carbocycles. The Hall–Kier alpha value is -7.71. The van der Waals surface area contributed by atoms with Crippen molar-refractivity contribution in [3.05, 3.63) is 194 Å². The molecule has 10 aromatic carbocycles. The zero-order chi connectivity index (χ0) is 38.8. The molecule has 13 aromatic rings. The fraction of sp³-hybridized carbons (Fsp3) is 0. The van der Waals surface area contributed by atoms with Gasteiger partial charge >= 0.3 is 0 Å². The Morgan fingerprint density at radius 1 is 0.339 bits per heavy atom. The summed E-state index contributed by atoms with van der Waals surface area (Å²) in [7, 11) is 0. The van der Waals surface area contributed by atoms with Crippen molar-refractivity contribution in [2.75, 3.05) is 0 Å². The number of para-hydroxylation sites is 3. The Labute approximate surface area is 342 Å². The van der Waals surface area contributed by atoms with Gasteiger partial charge in [0.1, 0.15) is 0 Å². The van der Waals surface area contributed by atoms with Gasteiger partial charge in [0.15, 0.2) is 0 Å². The molecular weight excluding hydrogens is 735 g/mol.